The van der Waals surface area contributed by atoms with Crippen LogP contribution in [0, 0.1) is 0 Å². The zero-order valence-electron chi connectivity index (χ0n) is 6.72. The van der Waals surface area contributed by atoms with Crippen LogP contribution >= 0.6 is 27.3 Å². The molecule has 0 radical (unpaired) electrons. The van der Waals surface area contributed by atoms with Gasteiger partial charge < -0.3 is 5.73 Å². The summed E-state index contributed by atoms with van der Waals surface area (Å²) < 4.78 is 1.08. The minimum atomic E-state index is -0.114. The fourth-order valence-corrected chi connectivity index (χ4v) is 3.07. The Bertz CT molecular complexity index is 278. The second-order valence-electron chi connectivity index (χ2n) is 3.33. The average molecular weight is 247 g/mol. The quantitative estimate of drug-likeness (QED) is 0.828. The molecule has 2 rings (SSSR count). The third-order valence-corrected chi connectivity index (χ3v) is 4.10. The van der Waals surface area contributed by atoms with E-state index in [1.807, 2.05) is 6.20 Å². The van der Waals surface area contributed by atoms with E-state index in [1.165, 1.54) is 12.8 Å². The molecule has 2 N–H and O–H groups in total. The molecule has 1 aromatic heterocycles. The van der Waals surface area contributed by atoms with Crippen molar-refractivity contribution in [3.05, 3.63) is 15.0 Å². The molecule has 0 atom stereocenters. The van der Waals surface area contributed by atoms with Gasteiger partial charge in [0.25, 0.3) is 0 Å². The Labute approximate surface area is 84.3 Å². The van der Waals surface area contributed by atoms with Crippen LogP contribution < -0.4 is 5.73 Å². The maximum absolute atomic E-state index is 6.22. The number of hydrogen-bond acceptors (Lipinski definition) is 3. The molecule has 1 aliphatic rings. The summed E-state index contributed by atoms with van der Waals surface area (Å²) in [5, 5.41) is 1.09. The van der Waals surface area contributed by atoms with Crippen molar-refractivity contribution in [1.82, 2.24) is 4.98 Å². The van der Waals surface area contributed by atoms with Crippen LogP contribution in [0.5, 0.6) is 0 Å². The number of aromatic nitrogens is 1. The van der Waals surface area contributed by atoms with Crippen molar-refractivity contribution >= 4 is 27.3 Å². The standard InChI is InChI=1S/C8H11BrN2S/c9-6-5-11-7(12-6)8(10)3-1-2-4-8/h5H,1-4,10H2. The molecule has 1 aliphatic carbocycles. The van der Waals surface area contributed by atoms with Gasteiger partial charge in [0.2, 0.25) is 0 Å². The van der Waals surface area contributed by atoms with Crippen molar-refractivity contribution in [1.29, 1.82) is 0 Å². The molecule has 0 spiro atoms. The summed E-state index contributed by atoms with van der Waals surface area (Å²) >= 11 is 5.07. The van der Waals surface area contributed by atoms with Gasteiger partial charge >= 0.3 is 0 Å². The van der Waals surface area contributed by atoms with Gasteiger partial charge in [0.05, 0.1) is 15.5 Å². The number of nitrogens with zero attached hydrogens (tertiary/aromatic N) is 1. The second-order valence-corrected chi connectivity index (χ2v) is 5.74. The highest BCUT2D eigenvalue weighted by Gasteiger charge is 2.33. The Balaban J connectivity index is 2.28. The van der Waals surface area contributed by atoms with Crippen molar-refractivity contribution in [2.75, 3.05) is 0 Å². The van der Waals surface area contributed by atoms with Gasteiger partial charge in [-0.1, -0.05) is 12.8 Å². The molecule has 12 heavy (non-hydrogen) atoms. The van der Waals surface area contributed by atoms with E-state index in [0.29, 0.717) is 0 Å². The van der Waals surface area contributed by atoms with E-state index in [9.17, 15) is 0 Å². The molecule has 4 heteroatoms. The first-order valence-electron chi connectivity index (χ1n) is 4.11. The maximum Gasteiger partial charge on any atom is 0.114 e. The molecule has 1 saturated carbocycles. The summed E-state index contributed by atoms with van der Waals surface area (Å²) in [7, 11) is 0. The SMILES string of the molecule is NC1(c2ncc(Br)s2)CCCC1. The average Bonchev–Trinajstić information content (AvgIpc) is 2.59. The number of nitrogens with two attached hydrogens (primary N) is 1. The molecule has 0 aromatic carbocycles. The van der Waals surface area contributed by atoms with Crippen LogP contribution in [0.15, 0.2) is 9.98 Å². The summed E-state index contributed by atoms with van der Waals surface area (Å²) in [6.45, 7) is 0. The molecular formula is C8H11BrN2S. The normalized spacial score (nSPS) is 21.5. The Morgan fingerprint density at radius 2 is 2.17 bits per heavy atom. The predicted molar refractivity (Wildman–Crippen MR) is 54.1 cm³/mol. The molecule has 0 amide bonds. The van der Waals surface area contributed by atoms with Gasteiger partial charge in [-0.05, 0) is 28.8 Å². The Hall–Kier alpha value is 0.0700. The minimum absolute atomic E-state index is 0.114. The summed E-state index contributed by atoms with van der Waals surface area (Å²) in [6, 6.07) is 0. The fraction of sp³-hybridized carbons (Fsp3) is 0.625. The lowest BCUT2D eigenvalue weighted by Gasteiger charge is -2.19. The smallest absolute Gasteiger partial charge is 0.114 e. The molecule has 0 aliphatic heterocycles. The topological polar surface area (TPSA) is 38.9 Å². The summed E-state index contributed by atoms with van der Waals surface area (Å²) in [5.74, 6) is 0. The van der Waals surface area contributed by atoms with Crippen molar-refractivity contribution in [2.45, 2.75) is 31.2 Å². The number of thiazole rings is 1. The minimum Gasteiger partial charge on any atom is -0.319 e. The van der Waals surface area contributed by atoms with Crippen molar-refractivity contribution in [3.8, 4) is 0 Å². The Kier molecular flexibility index (Phi) is 2.23. The van der Waals surface area contributed by atoms with Crippen LogP contribution in [0.25, 0.3) is 0 Å². The van der Waals surface area contributed by atoms with Gasteiger partial charge in [-0.2, -0.15) is 0 Å². The first kappa shape index (κ1) is 8.66. The van der Waals surface area contributed by atoms with Crippen LogP contribution in [-0.4, -0.2) is 4.98 Å². The van der Waals surface area contributed by atoms with Crippen molar-refractivity contribution < 1.29 is 0 Å². The van der Waals surface area contributed by atoms with Crippen LogP contribution in [0.2, 0.25) is 0 Å². The third-order valence-electron chi connectivity index (χ3n) is 2.40. The second kappa shape index (κ2) is 3.09. The van der Waals surface area contributed by atoms with E-state index in [0.717, 1.165) is 21.6 Å². The summed E-state index contributed by atoms with van der Waals surface area (Å²) in [4.78, 5) is 4.32. The first-order valence-corrected chi connectivity index (χ1v) is 5.72. The van der Waals surface area contributed by atoms with Crippen LogP contribution in [0.3, 0.4) is 0 Å². The third kappa shape index (κ3) is 1.43. The Morgan fingerprint density at radius 1 is 1.50 bits per heavy atom. The highest BCUT2D eigenvalue weighted by molar-refractivity contribution is 9.11. The molecule has 0 bridgehead atoms. The lowest BCUT2D eigenvalue weighted by Crippen LogP contribution is -2.32. The number of hydrogen-bond donors (Lipinski definition) is 1. The summed E-state index contributed by atoms with van der Waals surface area (Å²) in [5.41, 5.74) is 6.11. The van der Waals surface area contributed by atoms with Gasteiger partial charge in [0.1, 0.15) is 5.01 Å². The van der Waals surface area contributed by atoms with E-state index in [-0.39, 0.29) is 5.54 Å². The molecule has 0 saturated heterocycles. The van der Waals surface area contributed by atoms with Crippen molar-refractivity contribution in [2.24, 2.45) is 5.73 Å². The monoisotopic (exact) mass is 246 g/mol. The largest absolute Gasteiger partial charge is 0.319 e. The number of halogens is 1. The molecule has 1 fully saturated rings. The lowest BCUT2D eigenvalue weighted by molar-refractivity contribution is 0.459. The number of rotatable bonds is 1. The van der Waals surface area contributed by atoms with Gasteiger partial charge in [-0.25, -0.2) is 4.98 Å². The summed E-state index contributed by atoms with van der Waals surface area (Å²) in [6.07, 6.45) is 6.51. The predicted octanol–water partition coefficient (Wildman–Crippen LogP) is 2.63. The van der Waals surface area contributed by atoms with Crippen LogP contribution in [-0.2, 0) is 5.54 Å². The van der Waals surface area contributed by atoms with Gasteiger partial charge in [-0.15, -0.1) is 11.3 Å². The molecular weight excluding hydrogens is 236 g/mol. The van der Waals surface area contributed by atoms with Crippen LogP contribution in [0.4, 0.5) is 0 Å². The van der Waals surface area contributed by atoms with Gasteiger partial charge in [-0.3, -0.25) is 0 Å². The molecule has 1 heterocycles. The highest BCUT2D eigenvalue weighted by Crippen LogP contribution is 2.38. The zero-order chi connectivity index (χ0) is 8.60. The zero-order valence-corrected chi connectivity index (χ0v) is 9.12. The molecule has 1 aromatic rings. The van der Waals surface area contributed by atoms with Gasteiger partial charge in [0, 0.05) is 0 Å². The van der Waals surface area contributed by atoms with E-state index in [2.05, 4.69) is 20.9 Å². The maximum atomic E-state index is 6.22. The van der Waals surface area contributed by atoms with Gasteiger partial charge in [0.15, 0.2) is 0 Å². The fourth-order valence-electron chi connectivity index (χ4n) is 1.70. The van der Waals surface area contributed by atoms with Crippen molar-refractivity contribution in [3.63, 3.8) is 0 Å². The van der Waals surface area contributed by atoms with E-state index < -0.39 is 0 Å². The van der Waals surface area contributed by atoms with E-state index in [1.54, 1.807) is 11.3 Å². The molecule has 66 valence electrons. The van der Waals surface area contributed by atoms with Crippen LogP contribution in [0.1, 0.15) is 30.7 Å². The lowest BCUT2D eigenvalue weighted by atomic mass is 10.0. The molecule has 2 nitrogen and oxygen atoms in total. The first-order chi connectivity index (χ1) is 5.71. The molecule has 0 unspecified atom stereocenters. The Morgan fingerprint density at radius 3 is 2.67 bits per heavy atom. The van der Waals surface area contributed by atoms with E-state index in [4.69, 9.17) is 5.73 Å². The highest BCUT2D eigenvalue weighted by atomic mass is 79.9. The van der Waals surface area contributed by atoms with E-state index >= 15 is 0 Å².